The fourth-order valence-corrected chi connectivity index (χ4v) is 5.51. The van der Waals surface area contributed by atoms with E-state index in [0.29, 0.717) is 26.1 Å². The Hall–Kier alpha value is -2.38. The molecule has 0 saturated carbocycles. The molecular weight excluding hydrogens is 434 g/mol. The monoisotopic (exact) mass is 469 g/mol. The van der Waals surface area contributed by atoms with Crippen LogP contribution in [0.5, 0.6) is 5.75 Å². The first-order valence-corrected chi connectivity index (χ1v) is 12.9. The van der Waals surface area contributed by atoms with Crippen LogP contribution in [-0.2, 0) is 22.4 Å². The van der Waals surface area contributed by atoms with Gasteiger partial charge in [0.2, 0.25) is 0 Å². The lowest BCUT2D eigenvalue weighted by molar-refractivity contribution is -0.142. The molecule has 7 heteroatoms. The van der Waals surface area contributed by atoms with Crippen LogP contribution in [0.2, 0.25) is 0 Å². The minimum absolute atomic E-state index is 0.132. The molecule has 0 N–H and O–H groups in total. The Balaban J connectivity index is 1.36. The number of ether oxygens (including phenoxy) is 2. The third kappa shape index (κ3) is 5.95. The zero-order valence-corrected chi connectivity index (χ0v) is 20.9. The van der Waals surface area contributed by atoms with Crippen LogP contribution in [0.15, 0.2) is 24.3 Å². The van der Waals surface area contributed by atoms with E-state index in [2.05, 4.69) is 48.0 Å². The summed E-state index contributed by atoms with van der Waals surface area (Å²) in [6.45, 7) is 9.32. The summed E-state index contributed by atoms with van der Waals surface area (Å²) < 4.78 is 11.4. The van der Waals surface area contributed by atoms with E-state index in [4.69, 9.17) is 14.5 Å². The van der Waals surface area contributed by atoms with Gasteiger partial charge in [-0.1, -0.05) is 18.2 Å². The Bertz CT molecular complexity index is 993. The third-order valence-electron chi connectivity index (χ3n) is 6.42. The van der Waals surface area contributed by atoms with Gasteiger partial charge in [-0.15, -0.1) is 11.3 Å². The van der Waals surface area contributed by atoms with Crippen molar-refractivity contribution in [2.24, 2.45) is 0 Å². The molecule has 0 unspecified atom stereocenters. The number of carbonyl (C=O) groups is 1. The number of thiazole rings is 1. The molecule has 2 aromatic rings. The van der Waals surface area contributed by atoms with Gasteiger partial charge in [0, 0.05) is 49.5 Å². The van der Waals surface area contributed by atoms with Crippen LogP contribution in [0.1, 0.15) is 47.9 Å². The fourth-order valence-electron chi connectivity index (χ4n) is 4.50. The second-order valence-corrected chi connectivity index (χ2v) is 9.93. The van der Waals surface area contributed by atoms with Gasteiger partial charge >= 0.3 is 5.97 Å². The lowest BCUT2D eigenvalue weighted by Crippen LogP contribution is -2.44. The standard InChI is InChI=1S/C26H35N3O3S/c1-4-31-25(30)12-11-20-7-5-9-22-21(20)8-6-10-24(22)32-18-13-23-19(2)33-26(27-23)29-16-14-28(3)15-17-29/h6-8,10H,4-5,9,11-18H2,1-3H3. The summed E-state index contributed by atoms with van der Waals surface area (Å²) in [7, 11) is 2.18. The molecule has 178 valence electrons. The van der Waals surface area contributed by atoms with Crippen molar-refractivity contribution >= 4 is 28.0 Å². The lowest BCUT2D eigenvalue weighted by atomic mass is 9.88. The number of hydrogen-bond donors (Lipinski definition) is 0. The number of likely N-dealkylation sites (N-methyl/N-ethyl adjacent to an activating group) is 1. The van der Waals surface area contributed by atoms with E-state index >= 15 is 0 Å². The number of esters is 1. The smallest absolute Gasteiger partial charge is 0.306 e. The Kier molecular flexibility index (Phi) is 8.04. The number of anilines is 1. The topological polar surface area (TPSA) is 54.9 Å². The highest BCUT2D eigenvalue weighted by Crippen LogP contribution is 2.35. The van der Waals surface area contributed by atoms with Gasteiger partial charge in [0.25, 0.3) is 0 Å². The molecule has 33 heavy (non-hydrogen) atoms. The highest BCUT2D eigenvalue weighted by atomic mass is 32.1. The minimum Gasteiger partial charge on any atom is -0.493 e. The Labute approximate surface area is 201 Å². The van der Waals surface area contributed by atoms with Gasteiger partial charge in [-0.3, -0.25) is 4.79 Å². The second kappa shape index (κ2) is 11.2. The first kappa shape index (κ1) is 23.8. The molecule has 2 heterocycles. The van der Waals surface area contributed by atoms with Crippen LogP contribution >= 0.6 is 11.3 Å². The zero-order chi connectivity index (χ0) is 23.2. The van der Waals surface area contributed by atoms with Crippen molar-refractivity contribution in [3.05, 3.63) is 46.0 Å². The molecule has 6 nitrogen and oxygen atoms in total. The number of carbonyl (C=O) groups excluding carboxylic acids is 1. The van der Waals surface area contributed by atoms with Gasteiger partial charge in [0.1, 0.15) is 5.75 Å². The maximum absolute atomic E-state index is 11.8. The number of benzene rings is 1. The van der Waals surface area contributed by atoms with E-state index in [1.54, 1.807) is 11.3 Å². The van der Waals surface area contributed by atoms with Crippen molar-refractivity contribution in [1.29, 1.82) is 0 Å². The summed E-state index contributed by atoms with van der Waals surface area (Å²) in [4.78, 5) is 22.8. The molecule has 1 aliphatic carbocycles. The van der Waals surface area contributed by atoms with Crippen LogP contribution in [0.4, 0.5) is 5.13 Å². The Morgan fingerprint density at radius 3 is 2.79 bits per heavy atom. The Morgan fingerprint density at radius 1 is 1.18 bits per heavy atom. The van der Waals surface area contributed by atoms with E-state index in [1.807, 2.05) is 6.92 Å². The van der Waals surface area contributed by atoms with Gasteiger partial charge < -0.3 is 19.3 Å². The van der Waals surface area contributed by atoms with Crippen LogP contribution in [0.3, 0.4) is 0 Å². The summed E-state index contributed by atoms with van der Waals surface area (Å²) >= 11 is 1.80. The predicted molar refractivity (Wildman–Crippen MR) is 134 cm³/mol. The summed E-state index contributed by atoms with van der Waals surface area (Å²) in [6.07, 6.45) is 6.14. The molecule has 1 aromatic carbocycles. The molecule has 1 fully saturated rings. The first-order chi connectivity index (χ1) is 16.0. The molecule has 4 rings (SSSR count). The van der Waals surface area contributed by atoms with Gasteiger partial charge in [-0.25, -0.2) is 4.98 Å². The number of fused-ring (bicyclic) bond motifs is 1. The first-order valence-electron chi connectivity index (χ1n) is 12.0. The van der Waals surface area contributed by atoms with Crippen LogP contribution in [-0.4, -0.2) is 62.3 Å². The van der Waals surface area contributed by atoms with Crippen molar-refractivity contribution in [2.45, 2.75) is 46.0 Å². The highest BCUT2D eigenvalue weighted by Gasteiger charge is 2.20. The number of allylic oxidation sites excluding steroid dienone is 2. The van der Waals surface area contributed by atoms with Crippen LogP contribution in [0.25, 0.3) is 5.57 Å². The molecule has 0 radical (unpaired) electrons. The fraction of sp³-hybridized carbons (Fsp3) is 0.538. The van der Waals surface area contributed by atoms with Crippen molar-refractivity contribution in [2.75, 3.05) is 51.3 Å². The van der Waals surface area contributed by atoms with Crippen molar-refractivity contribution in [3.63, 3.8) is 0 Å². The minimum atomic E-state index is -0.132. The highest BCUT2D eigenvalue weighted by molar-refractivity contribution is 7.15. The number of hydrogen-bond acceptors (Lipinski definition) is 7. The summed E-state index contributed by atoms with van der Waals surface area (Å²) in [5.41, 5.74) is 4.84. The van der Waals surface area contributed by atoms with Gasteiger partial charge in [-0.05, 0) is 57.4 Å². The maximum Gasteiger partial charge on any atom is 0.306 e. The number of nitrogens with zero attached hydrogens (tertiary/aromatic N) is 3. The summed E-state index contributed by atoms with van der Waals surface area (Å²) in [6, 6.07) is 6.26. The maximum atomic E-state index is 11.8. The molecule has 0 bridgehead atoms. The van der Waals surface area contributed by atoms with Gasteiger partial charge in [-0.2, -0.15) is 0 Å². The van der Waals surface area contributed by atoms with Gasteiger partial charge in [0.15, 0.2) is 5.13 Å². The SMILES string of the molecule is CCOC(=O)CCC1=CCCc2c(OCCc3nc(N4CCN(C)CC4)sc3C)cccc21. The third-order valence-corrected chi connectivity index (χ3v) is 7.49. The quantitative estimate of drug-likeness (QED) is 0.504. The number of piperazine rings is 1. The van der Waals surface area contributed by atoms with E-state index < -0.39 is 0 Å². The average Bonchev–Trinajstić information content (AvgIpc) is 3.19. The van der Waals surface area contributed by atoms with Gasteiger partial charge in [0.05, 0.1) is 18.9 Å². The normalized spacial score (nSPS) is 16.3. The van der Waals surface area contributed by atoms with E-state index in [-0.39, 0.29) is 5.97 Å². The lowest BCUT2D eigenvalue weighted by Gasteiger charge is -2.32. The van der Waals surface area contributed by atoms with E-state index in [1.165, 1.54) is 21.6 Å². The predicted octanol–water partition coefficient (Wildman–Crippen LogP) is 4.50. The molecule has 0 amide bonds. The van der Waals surface area contributed by atoms with Crippen molar-refractivity contribution in [1.82, 2.24) is 9.88 Å². The van der Waals surface area contributed by atoms with Crippen molar-refractivity contribution < 1.29 is 14.3 Å². The number of rotatable bonds is 9. The Morgan fingerprint density at radius 2 is 2.00 bits per heavy atom. The summed E-state index contributed by atoms with van der Waals surface area (Å²) in [5, 5.41) is 1.14. The molecular formula is C26H35N3O3S. The average molecular weight is 470 g/mol. The molecule has 1 saturated heterocycles. The molecule has 0 atom stereocenters. The molecule has 2 aliphatic rings. The second-order valence-electron chi connectivity index (χ2n) is 8.74. The molecule has 0 spiro atoms. The van der Waals surface area contributed by atoms with E-state index in [9.17, 15) is 4.79 Å². The molecule has 1 aliphatic heterocycles. The largest absolute Gasteiger partial charge is 0.493 e. The van der Waals surface area contributed by atoms with Crippen LogP contribution < -0.4 is 9.64 Å². The summed E-state index contributed by atoms with van der Waals surface area (Å²) in [5.74, 6) is 0.828. The van der Waals surface area contributed by atoms with Crippen molar-refractivity contribution in [3.8, 4) is 5.75 Å². The van der Waals surface area contributed by atoms with Crippen LogP contribution in [0, 0.1) is 6.92 Å². The zero-order valence-electron chi connectivity index (χ0n) is 20.1. The van der Waals surface area contributed by atoms with E-state index in [0.717, 1.165) is 62.0 Å². The number of aromatic nitrogens is 1. The number of aryl methyl sites for hydroxylation is 1. The molecule has 1 aromatic heterocycles.